The van der Waals surface area contributed by atoms with Crippen LogP contribution < -0.4 is 5.32 Å². The minimum atomic E-state index is -0.326. The molecule has 0 saturated carbocycles. The van der Waals surface area contributed by atoms with Gasteiger partial charge in [0.05, 0.1) is 12.3 Å². The van der Waals surface area contributed by atoms with Gasteiger partial charge in [-0.25, -0.2) is 0 Å². The van der Waals surface area contributed by atoms with Crippen LogP contribution in [0.1, 0.15) is 19.4 Å². The SMILES string of the molecule is CC(C)CNCC(O)Cc1cnn(C)c1. The molecule has 1 unspecified atom stereocenters. The van der Waals surface area contributed by atoms with E-state index in [1.165, 1.54) is 0 Å². The molecule has 0 saturated heterocycles. The van der Waals surface area contributed by atoms with E-state index in [0.29, 0.717) is 18.9 Å². The van der Waals surface area contributed by atoms with E-state index < -0.39 is 0 Å². The van der Waals surface area contributed by atoms with Crippen LogP contribution in [0.15, 0.2) is 12.4 Å². The molecule has 0 amide bonds. The lowest BCUT2D eigenvalue weighted by atomic mass is 10.1. The largest absolute Gasteiger partial charge is 0.391 e. The van der Waals surface area contributed by atoms with Gasteiger partial charge in [0.15, 0.2) is 0 Å². The molecule has 0 aromatic carbocycles. The maximum absolute atomic E-state index is 9.73. The second-order valence-electron chi connectivity index (χ2n) is 4.43. The standard InChI is InChI=1S/C11H21N3O/c1-9(2)5-12-7-11(15)4-10-6-13-14(3)8-10/h6,8-9,11-12,15H,4-5,7H2,1-3H3. The lowest BCUT2D eigenvalue weighted by Gasteiger charge is -2.12. The molecule has 4 nitrogen and oxygen atoms in total. The van der Waals surface area contributed by atoms with Gasteiger partial charge in [-0.3, -0.25) is 4.68 Å². The maximum atomic E-state index is 9.73. The van der Waals surface area contributed by atoms with Crippen molar-refractivity contribution in [3.63, 3.8) is 0 Å². The van der Waals surface area contributed by atoms with Crippen molar-refractivity contribution in [2.75, 3.05) is 13.1 Å². The van der Waals surface area contributed by atoms with E-state index in [0.717, 1.165) is 12.1 Å². The first-order valence-electron chi connectivity index (χ1n) is 5.44. The number of aryl methyl sites for hydroxylation is 1. The Hall–Kier alpha value is -0.870. The second-order valence-corrected chi connectivity index (χ2v) is 4.43. The van der Waals surface area contributed by atoms with Crippen molar-refractivity contribution in [1.82, 2.24) is 15.1 Å². The van der Waals surface area contributed by atoms with Crippen molar-refractivity contribution < 1.29 is 5.11 Å². The van der Waals surface area contributed by atoms with Crippen molar-refractivity contribution in [3.05, 3.63) is 18.0 Å². The van der Waals surface area contributed by atoms with Crippen LogP contribution in [-0.4, -0.2) is 34.1 Å². The summed E-state index contributed by atoms with van der Waals surface area (Å²) in [6, 6.07) is 0. The van der Waals surface area contributed by atoms with Gasteiger partial charge in [0.2, 0.25) is 0 Å². The van der Waals surface area contributed by atoms with Crippen LogP contribution in [0.3, 0.4) is 0 Å². The van der Waals surface area contributed by atoms with Crippen LogP contribution >= 0.6 is 0 Å². The molecule has 0 aliphatic heterocycles. The predicted molar refractivity (Wildman–Crippen MR) is 60.6 cm³/mol. The van der Waals surface area contributed by atoms with Gasteiger partial charge in [-0.2, -0.15) is 5.10 Å². The number of hydrogen-bond donors (Lipinski definition) is 2. The Labute approximate surface area is 91.3 Å². The maximum Gasteiger partial charge on any atom is 0.0706 e. The van der Waals surface area contributed by atoms with Crippen molar-refractivity contribution >= 4 is 0 Å². The third kappa shape index (κ3) is 4.95. The van der Waals surface area contributed by atoms with Gasteiger partial charge in [0, 0.05) is 26.2 Å². The summed E-state index contributed by atoms with van der Waals surface area (Å²) in [6.45, 7) is 5.90. The molecule has 0 radical (unpaired) electrons. The molecule has 1 aromatic rings. The monoisotopic (exact) mass is 211 g/mol. The fourth-order valence-electron chi connectivity index (χ4n) is 1.46. The lowest BCUT2D eigenvalue weighted by Crippen LogP contribution is -2.30. The minimum Gasteiger partial charge on any atom is -0.391 e. The first kappa shape index (κ1) is 12.2. The summed E-state index contributed by atoms with van der Waals surface area (Å²) >= 11 is 0. The third-order valence-corrected chi connectivity index (χ3v) is 2.16. The Morgan fingerprint density at radius 1 is 1.47 bits per heavy atom. The fraction of sp³-hybridized carbons (Fsp3) is 0.727. The number of aromatic nitrogens is 2. The summed E-state index contributed by atoms with van der Waals surface area (Å²) in [6.07, 6.45) is 4.07. The molecular weight excluding hydrogens is 190 g/mol. The van der Waals surface area contributed by atoms with E-state index in [9.17, 15) is 5.11 Å². The van der Waals surface area contributed by atoms with Crippen molar-refractivity contribution in [3.8, 4) is 0 Å². The summed E-state index contributed by atoms with van der Waals surface area (Å²) < 4.78 is 1.75. The number of aliphatic hydroxyl groups excluding tert-OH is 1. The number of rotatable bonds is 6. The van der Waals surface area contributed by atoms with Crippen LogP contribution in [0.4, 0.5) is 0 Å². The molecule has 15 heavy (non-hydrogen) atoms. The molecule has 0 spiro atoms. The summed E-state index contributed by atoms with van der Waals surface area (Å²) in [4.78, 5) is 0. The van der Waals surface area contributed by atoms with Crippen molar-refractivity contribution in [1.29, 1.82) is 0 Å². The van der Waals surface area contributed by atoms with Crippen LogP contribution in [0.25, 0.3) is 0 Å². The van der Waals surface area contributed by atoms with Crippen LogP contribution in [0, 0.1) is 5.92 Å². The van der Waals surface area contributed by atoms with E-state index in [4.69, 9.17) is 0 Å². The summed E-state index contributed by atoms with van der Waals surface area (Å²) in [5, 5.41) is 17.0. The van der Waals surface area contributed by atoms with Gasteiger partial charge in [0.1, 0.15) is 0 Å². The van der Waals surface area contributed by atoms with Gasteiger partial charge in [-0.1, -0.05) is 13.8 Å². The normalized spacial score (nSPS) is 13.4. The molecule has 1 aromatic heterocycles. The molecular formula is C11H21N3O. The number of nitrogens with one attached hydrogen (secondary N) is 1. The van der Waals surface area contributed by atoms with E-state index >= 15 is 0 Å². The molecule has 0 aliphatic carbocycles. The van der Waals surface area contributed by atoms with E-state index in [-0.39, 0.29) is 6.10 Å². The van der Waals surface area contributed by atoms with Gasteiger partial charge in [-0.15, -0.1) is 0 Å². The van der Waals surface area contributed by atoms with Crippen LogP contribution in [-0.2, 0) is 13.5 Å². The zero-order valence-corrected chi connectivity index (χ0v) is 9.77. The first-order valence-corrected chi connectivity index (χ1v) is 5.44. The highest BCUT2D eigenvalue weighted by molar-refractivity contribution is 5.05. The highest BCUT2D eigenvalue weighted by Crippen LogP contribution is 2.01. The van der Waals surface area contributed by atoms with Crippen LogP contribution in [0.2, 0.25) is 0 Å². The predicted octanol–water partition coefficient (Wildman–Crippen LogP) is 0.569. The number of aliphatic hydroxyl groups is 1. The summed E-state index contributed by atoms with van der Waals surface area (Å²) in [5.74, 6) is 0.621. The van der Waals surface area contributed by atoms with E-state index in [1.807, 2.05) is 13.2 Å². The van der Waals surface area contributed by atoms with Gasteiger partial charge in [-0.05, 0) is 18.0 Å². The molecule has 0 aliphatic rings. The van der Waals surface area contributed by atoms with Gasteiger partial charge < -0.3 is 10.4 Å². The Balaban J connectivity index is 2.21. The zero-order chi connectivity index (χ0) is 11.3. The lowest BCUT2D eigenvalue weighted by molar-refractivity contribution is 0.170. The Bertz CT molecular complexity index is 283. The van der Waals surface area contributed by atoms with Crippen molar-refractivity contribution in [2.24, 2.45) is 13.0 Å². The average molecular weight is 211 g/mol. The third-order valence-electron chi connectivity index (χ3n) is 2.16. The first-order chi connectivity index (χ1) is 7.08. The molecule has 4 heteroatoms. The Morgan fingerprint density at radius 3 is 2.73 bits per heavy atom. The summed E-state index contributed by atoms with van der Waals surface area (Å²) in [5.41, 5.74) is 1.08. The second kappa shape index (κ2) is 5.88. The van der Waals surface area contributed by atoms with E-state index in [2.05, 4.69) is 24.3 Å². The Kier molecular flexibility index (Phi) is 4.78. The zero-order valence-electron chi connectivity index (χ0n) is 9.77. The number of nitrogens with zero attached hydrogens (tertiary/aromatic N) is 2. The molecule has 86 valence electrons. The van der Waals surface area contributed by atoms with E-state index in [1.54, 1.807) is 10.9 Å². The van der Waals surface area contributed by atoms with Gasteiger partial charge in [0.25, 0.3) is 0 Å². The molecule has 0 bridgehead atoms. The molecule has 1 heterocycles. The highest BCUT2D eigenvalue weighted by atomic mass is 16.3. The molecule has 1 atom stereocenters. The molecule has 0 fully saturated rings. The minimum absolute atomic E-state index is 0.326. The highest BCUT2D eigenvalue weighted by Gasteiger charge is 2.06. The topological polar surface area (TPSA) is 50.1 Å². The summed E-state index contributed by atoms with van der Waals surface area (Å²) in [7, 11) is 1.88. The average Bonchev–Trinajstić information content (AvgIpc) is 2.50. The van der Waals surface area contributed by atoms with Crippen LogP contribution in [0.5, 0.6) is 0 Å². The Morgan fingerprint density at radius 2 is 2.20 bits per heavy atom. The van der Waals surface area contributed by atoms with Crippen molar-refractivity contribution in [2.45, 2.75) is 26.4 Å². The number of hydrogen-bond acceptors (Lipinski definition) is 3. The quantitative estimate of drug-likeness (QED) is 0.723. The fourth-order valence-corrected chi connectivity index (χ4v) is 1.46. The molecule has 1 rings (SSSR count). The molecule has 2 N–H and O–H groups in total. The van der Waals surface area contributed by atoms with Gasteiger partial charge >= 0.3 is 0 Å². The smallest absolute Gasteiger partial charge is 0.0706 e.